The molecule has 1 aliphatic heterocycles. The number of aromatic nitrogens is 1. The zero-order chi connectivity index (χ0) is 14.7. The molecule has 0 bridgehead atoms. The van der Waals surface area contributed by atoms with Gasteiger partial charge in [0, 0.05) is 6.20 Å². The van der Waals surface area contributed by atoms with E-state index >= 15 is 0 Å². The van der Waals surface area contributed by atoms with E-state index in [-0.39, 0.29) is 0 Å². The van der Waals surface area contributed by atoms with E-state index in [1.54, 1.807) is 36.5 Å². The molecule has 2 heterocycles. The van der Waals surface area contributed by atoms with Crippen LogP contribution in [0.2, 0.25) is 5.02 Å². The lowest BCUT2D eigenvalue weighted by molar-refractivity contribution is 0.171. The second-order valence-electron chi connectivity index (χ2n) is 4.41. The third-order valence-corrected chi connectivity index (χ3v) is 3.27. The summed E-state index contributed by atoms with van der Waals surface area (Å²) in [6.45, 7) is 0.973. The molecule has 0 aliphatic carbocycles. The Bertz CT molecular complexity index is 736. The van der Waals surface area contributed by atoms with Gasteiger partial charge in [-0.15, -0.1) is 0 Å². The Hall–Kier alpha value is -2.51. The van der Waals surface area contributed by atoms with Gasteiger partial charge in [0.25, 0.3) is 0 Å². The Morgan fingerprint density at radius 1 is 1.29 bits per heavy atom. The fourth-order valence-corrected chi connectivity index (χ4v) is 2.34. The van der Waals surface area contributed by atoms with E-state index in [1.807, 2.05) is 6.07 Å². The molecule has 0 saturated carbocycles. The van der Waals surface area contributed by atoms with Crippen molar-refractivity contribution in [2.75, 3.05) is 13.2 Å². The molecule has 1 aromatic carbocycles. The highest BCUT2D eigenvalue weighted by Crippen LogP contribution is 2.39. The highest BCUT2D eigenvalue weighted by molar-refractivity contribution is 6.32. The molecule has 2 aromatic rings. The van der Waals surface area contributed by atoms with Crippen LogP contribution in [0, 0.1) is 11.3 Å². The summed E-state index contributed by atoms with van der Waals surface area (Å²) >= 11 is 6.19. The quantitative estimate of drug-likeness (QED) is 0.795. The van der Waals surface area contributed by atoms with Crippen molar-refractivity contribution in [3.63, 3.8) is 0 Å². The minimum Gasteiger partial charge on any atom is -0.486 e. The van der Waals surface area contributed by atoms with E-state index in [9.17, 15) is 5.26 Å². The van der Waals surface area contributed by atoms with Gasteiger partial charge in [-0.05, 0) is 35.9 Å². The molecule has 0 unspecified atom stereocenters. The summed E-state index contributed by atoms with van der Waals surface area (Å²) in [5, 5.41) is 9.77. The van der Waals surface area contributed by atoms with Gasteiger partial charge in [-0.3, -0.25) is 4.98 Å². The SMILES string of the molecule is N#CC(=Cc1cc(Cl)c2c(c1)OCCO2)c1ccccn1. The van der Waals surface area contributed by atoms with E-state index in [2.05, 4.69) is 11.1 Å². The number of rotatable bonds is 2. The Kier molecular flexibility index (Phi) is 3.76. The third-order valence-electron chi connectivity index (χ3n) is 2.99. The topological polar surface area (TPSA) is 55.1 Å². The zero-order valence-corrected chi connectivity index (χ0v) is 11.8. The summed E-state index contributed by atoms with van der Waals surface area (Å²) < 4.78 is 11.0. The van der Waals surface area contributed by atoms with Gasteiger partial charge < -0.3 is 9.47 Å². The van der Waals surface area contributed by atoms with Crippen molar-refractivity contribution in [1.82, 2.24) is 4.98 Å². The van der Waals surface area contributed by atoms with Gasteiger partial charge in [-0.25, -0.2) is 0 Å². The summed E-state index contributed by atoms with van der Waals surface area (Å²) in [5.41, 5.74) is 1.85. The predicted molar refractivity (Wildman–Crippen MR) is 80.2 cm³/mol. The fraction of sp³-hybridized carbons (Fsp3) is 0.125. The number of allylic oxidation sites excluding steroid dienone is 1. The number of nitriles is 1. The Labute approximate surface area is 127 Å². The van der Waals surface area contributed by atoms with Gasteiger partial charge in [-0.2, -0.15) is 5.26 Å². The van der Waals surface area contributed by atoms with Crippen LogP contribution in [-0.2, 0) is 0 Å². The summed E-state index contributed by atoms with van der Waals surface area (Å²) in [6.07, 6.45) is 3.38. The molecule has 1 aromatic heterocycles. The van der Waals surface area contributed by atoms with Gasteiger partial charge in [0.2, 0.25) is 0 Å². The van der Waals surface area contributed by atoms with E-state index in [0.717, 1.165) is 5.56 Å². The predicted octanol–water partition coefficient (Wildman–Crippen LogP) is 3.57. The first-order valence-corrected chi connectivity index (χ1v) is 6.78. The van der Waals surface area contributed by atoms with Gasteiger partial charge >= 0.3 is 0 Å². The van der Waals surface area contributed by atoms with Crippen molar-refractivity contribution < 1.29 is 9.47 Å². The minimum atomic E-state index is 0.461. The number of nitrogens with zero attached hydrogens (tertiary/aromatic N) is 2. The molecule has 1 aliphatic rings. The summed E-state index contributed by atoms with van der Waals surface area (Å²) in [4.78, 5) is 4.18. The van der Waals surface area contributed by atoms with E-state index < -0.39 is 0 Å². The molecule has 0 spiro atoms. The first kappa shape index (κ1) is 13.5. The van der Waals surface area contributed by atoms with Crippen LogP contribution in [-0.4, -0.2) is 18.2 Å². The second kappa shape index (κ2) is 5.86. The average Bonchev–Trinajstić information content (AvgIpc) is 2.53. The number of hydrogen-bond donors (Lipinski definition) is 0. The fourth-order valence-electron chi connectivity index (χ4n) is 2.07. The van der Waals surface area contributed by atoms with Crippen LogP contribution in [0.5, 0.6) is 11.5 Å². The van der Waals surface area contributed by atoms with Gasteiger partial charge in [0.15, 0.2) is 11.5 Å². The lowest BCUT2D eigenvalue weighted by Gasteiger charge is -2.19. The first-order valence-electron chi connectivity index (χ1n) is 6.40. The number of benzene rings is 1. The number of pyridine rings is 1. The molecule has 4 nitrogen and oxygen atoms in total. The minimum absolute atomic E-state index is 0.461. The molecular weight excluding hydrogens is 288 g/mol. The molecule has 104 valence electrons. The molecule has 0 atom stereocenters. The van der Waals surface area contributed by atoms with E-state index in [0.29, 0.717) is 41.0 Å². The van der Waals surface area contributed by atoms with E-state index in [1.165, 1.54) is 0 Å². The molecule has 0 amide bonds. The van der Waals surface area contributed by atoms with Gasteiger partial charge in [0.05, 0.1) is 16.3 Å². The molecule has 21 heavy (non-hydrogen) atoms. The van der Waals surface area contributed by atoms with Crippen LogP contribution < -0.4 is 9.47 Å². The zero-order valence-electron chi connectivity index (χ0n) is 11.0. The molecule has 5 heteroatoms. The van der Waals surface area contributed by atoms with Crippen molar-refractivity contribution in [2.45, 2.75) is 0 Å². The number of halogens is 1. The standard InChI is InChI=1S/C16H11ClN2O2/c17-13-8-11(9-15-16(13)21-6-5-20-15)7-12(10-18)14-3-1-2-4-19-14/h1-4,7-9H,5-6H2. The lowest BCUT2D eigenvalue weighted by Crippen LogP contribution is -2.15. The van der Waals surface area contributed by atoms with E-state index in [4.69, 9.17) is 21.1 Å². The molecule has 0 radical (unpaired) electrons. The van der Waals surface area contributed by atoms with Crippen LogP contribution >= 0.6 is 11.6 Å². The average molecular weight is 299 g/mol. The largest absolute Gasteiger partial charge is 0.486 e. The number of fused-ring (bicyclic) bond motifs is 1. The highest BCUT2D eigenvalue weighted by atomic mass is 35.5. The Balaban J connectivity index is 2.02. The molecular formula is C16H11ClN2O2. The normalized spacial score (nSPS) is 13.6. The summed E-state index contributed by atoms with van der Waals surface area (Å²) in [5.74, 6) is 1.15. The highest BCUT2D eigenvalue weighted by Gasteiger charge is 2.16. The summed E-state index contributed by atoms with van der Waals surface area (Å²) in [6, 6.07) is 11.1. The van der Waals surface area contributed by atoms with Crippen molar-refractivity contribution in [2.24, 2.45) is 0 Å². The van der Waals surface area contributed by atoms with Crippen molar-refractivity contribution in [1.29, 1.82) is 5.26 Å². The Morgan fingerprint density at radius 2 is 2.14 bits per heavy atom. The van der Waals surface area contributed by atoms with Crippen LogP contribution in [0.3, 0.4) is 0 Å². The third kappa shape index (κ3) is 2.83. The van der Waals surface area contributed by atoms with Crippen molar-refractivity contribution in [3.8, 4) is 17.6 Å². The second-order valence-corrected chi connectivity index (χ2v) is 4.82. The summed E-state index contributed by atoms with van der Waals surface area (Å²) in [7, 11) is 0. The Morgan fingerprint density at radius 3 is 2.90 bits per heavy atom. The van der Waals surface area contributed by atoms with Crippen LogP contribution in [0.15, 0.2) is 36.5 Å². The molecule has 3 rings (SSSR count). The number of ether oxygens (including phenoxy) is 2. The monoisotopic (exact) mass is 298 g/mol. The maximum atomic E-state index is 9.30. The van der Waals surface area contributed by atoms with Gasteiger partial charge in [0.1, 0.15) is 19.3 Å². The van der Waals surface area contributed by atoms with Crippen LogP contribution in [0.1, 0.15) is 11.3 Å². The molecule has 0 N–H and O–H groups in total. The van der Waals surface area contributed by atoms with Gasteiger partial charge in [-0.1, -0.05) is 17.7 Å². The van der Waals surface area contributed by atoms with Crippen LogP contribution in [0.4, 0.5) is 0 Å². The van der Waals surface area contributed by atoms with Crippen molar-refractivity contribution in [3.05, 3.63) is 52.8 Å². The van der Waals surface area contributed by atoms with Crippen molar-refractivity contribution >= 4 is 23.3 Å². The molecule has 0 fully saturated rings. The number of hydrogen-bond acceptors (Lipinski definition) is 4. The maximum Gasteiger partial charge on any atom is 0.179 e. The lowest BCUT2D eigenvalue weighted by atomic mass is 10.1. The maximum absolute atomic E-state index is 9.30. The molecule has 0 saturated heterocycles. The first-order chi connectivity index (χ1) is 10.3. The van der Waals surface area contributed by atoms with Crippen LogP contribution in [0.25, 0.3) is 11.6 Å². The smallest absolute Gasteiger partial charge is 0.179 e.